The molecule has 2 aromatic rings. The maximum absolute atomic E-state index is 12.5. The Balaban J connectivity index is 2.29. The van der Waals surface area contributed by atoms with Crippen LogP contribution in [0.5, 0.6) is 0 Å². The number of aryl methyl sites for hydroxylation is 2. The van der Waals surface area contributed by atoms with Crippen molar-refractivity contribution in [3.63, 3.8) is 0 Å². The fourth-order valence-corrected chi connectivity index (χ4v) is 3.06. The number of anilines is 2. The Morgan fingerprint density at radius 1 is 0.763 bits per heavy atom. The second-order valence-corrected chi connectivity index (χ2v) is 8.20. The summed E-state index contributed by atoms with van der Waals surface area (Å²) in [7, 11) is 0. The molecule has 0 amide bonds. The number of nitrogens with one attached hydrogen (secondary N) is 2. The molecule has 0 aromatic heterocycles. The van der Waals surface area contributed by atoms with Gasteiger partial charge in [-0.15, -0.1) is 10.1 Å². The first-order valence-electron chi connectivity index (χ1n) is 10.4. The SMILES string of the molecule is Cc1ccc(Cl)cc1N(OC(=O)/C=C\C(=O)ON(C(=N)N=C(N)N)c1cc(Cl)ccc1C)C(=N)N=C(N)N. The molecule has 0 radical (unpaired) electrons. The summed E-state index contributed by atoms with van der Waals surface area (Å²) in [5.41, 5.74) is 22.8. The average molecular weight is 563 g/mol. The van der Waals surface area contributed by atoms with Crippen LogP contribution in [0.25, 0.3) is 0 Å². The van der Waals surface area contributed by atoms with Gasteiger partial charge in [-0.3, -0.25) is 10.8 Å². The highest BCUT2D eigenvalue weighted by molar-refractivity contribution is 6.31. The molecule has 0 saturated carbocycles. The van der Waals surface area contributed by atoms with Crippen molar-refractivity contribution in [2.75, 3.05) is 10.1 Å². The number of hydrogen-bond donors (Lipinski definition) is 6. The number of hydrogen-bond acceptors (Lipinski definition) is 6. The van der Waals surface area contributed by atoms with Crippen LogP contribution in [0.1, 0.15) is 11.1 Å². The minimum Gasteiger partial charge on any atom is -0.370 e. The lowest BCUT2D eigenvalue weighted by molar-refractivity contribution is -0.140. The quantitative estimate of drug-likeness (QED) is 0.137. The molecule has 0 unspecified atom stereocenters. The largest absolute Gasteiger partial charge is 0.370 e. The molecule has 200 valence electrons. The van der Waals surface area contributed by atoms with E-state index in [1.807, 2.05) is 0 Å². The summed E-state index contributed by atoms with van der Waals surface area (Å²) >= 11 is 12.1. The van der Waals surface area contributed by atoms with E-state index in [2.05, 4.69) is 9.98 Å². The molecule has 0 aliphatic heterocycles. The molecule has 2 rings (SSSR count). The summed E-state index contributed by atoms with van der Waals surface area (Å²) < 4.78 is 0. The number of nitrogens with two attached hydrogens (primary N) is 4. The van der Waals surface area contributed by atoms with Crippen molar-refractivity contribution >= 4 is 70.4 Å². The van der Waals surface area contributed by atoms with E-state index in [0.717, 1.165) is 10.1 Å². The second kappa shape index (κ2) is 12.9. The minimum atomic E-state index is -1.11. The van der Waals surface area contributed by atoms with E-state index in [4.69, 9.17) is 66.6 Å². The molecule has 0 atom stereocenters. The third-order valence-electron chi connectivity index (χ3n) is 4.35. The van der Waals surface area contributed by atoms with Crippen molar-refractivity contribution in [3.8, 4) is 0 Å². The molecule has 38 heavy (non-hydrogen) atoms. The van der Waals surface area contributed by atoms with Crippen LogP contribution in [0.4, 0.5) is 11.4 Å². The Labute approximate surface area is 227 Å². The fraction of sp³-hybridized carbons (Fsp3) is 0.0909. The first-order valence-corrected chi connectivity index (χ1v) is 11.1. The lowest BCUT2D eigenvalue weighted by Gasteiger charge is -2.22. The zero-order valence-corrected chi connectivity index (χ0v) is 21.6. The lowest BCUT2D eigenvalue weighted by atomic mass is 10.2. The van der Waals surface area contributed by atoms with Gasteiger partial charge in [-0.25, -0.2) is 9.59 Å². The van der Waals surface area contributed by atoms with E-state index in [9.17, 15) is 9.59 Å². The normalized spacial score (nSPS) is 10.3. The number of carbonyl (C=O) groups excluding carboxylic acids is 2. The van der Waals surface area contributed by atoms with Gasteiger partial charge in [0.05, 0.1) is 11.4 Å². The monoisotopic (exact) mass is 562 g/mol. The van der Waals surface area contributed by atoms with Crippen LogP contribution in [0, 0.1) is 24.7 Å². The van der Waals surface area contributed by atoms with Gasteiger partial charge >= 0.3 is 11.9 Å². The highest BCUT2D eigenvalue weighted by Crippen LogP contribution is 2.26. The van der Waals surface area contributed by atoms with Gasteiger partial charge in [0.1, 0.15) is 0 Å². The van der Waals surface area contributed by atoms with E-state index in [-0.39, 0.29) is 21.4 Å². The van der Waals surface area contributed by atoms with Crippen LogP contribution in [0.3, 0.4) is 0 Å². The summed E-state index contributed by atoms with van der Waals surface area (Å²) in [4.78, 5) is 42.6. The van der Waals surface area contributed by atoms with Crippen molar-refractivity contribution in [3.05, 3.63) is 69.7 Å². The summed E-state index contributed by atoms with van der Waals surface area (Å²) in [6, 6.07) is 9.25. The zero-order chi connectivity index (χ0) is 28.6. The molecule has 0 heterocycles. The van der Waals surface area contributed by atoms with Crippen molar-refractivity contribution in [1.82, 2.24) is 0 Å². The number of rotatable bonds is 4. The second-order valence-electron chi connectivity index (χ2n) is 7.32. The van der Waals surface area contributed by atoms with Crippen LogP contribution >= 0.6 is 23.2 Å². The maximum Gasteiger partial charge on any atom is 0.356 e. The summed E-state index contributed by atoms with van der Waals surface area (Å²) in [5.74, 6) is -4.44. The van der Waals surface area contributed by atoms with E-state index in [0.29, 0.717) is 23.3 Å². The van der Waals surface area contributed by atoms with Crippen molar-refractivity contribution in [2.24, 2.45) is 32.9 Å². The smallest absolute Gasteiger partial charge is 0.356 e. The number of nitrogens with zero attached hydrogens (tertiary/aromatic N) is 4. The number of carbonyl (C=O) groups is 2. The standard InChI is InChI=1S/C22H24Cl2N10O4/c1-11-3-5-13(23)9-15(11)33(21(29)31-19(25)26)37-17(35)7-8-18(36)38-34(22(30)32-20(27)28)16-10-14(24)6-4-12(16)2/h3-10H,1-2H3,(H5,25,26,29,31)(H5,27,28,30,32)/b8-7-. The van der Waals surface area contributed by atoms with Crippen molar-refractivity contribution < 1.29 is 19.3 Å². The first kappa shape index (κ1) is 29.4. The van der Waals surface area contributed by atoms with Gasteiger partial charge in [-0.1, -0.05) is 35.3 Å². The van der Waals surface area contributed by atoms with Gasteiger partial charge in [0.25, 0.3) is 11.9 Å². The third kappa shape index (κ3) is 8.39. The van der Waals surface area contributed by atoms with Gasteiger partial charge in [-0.05, 0) is 49.2 Å². The number of benzene rings is 2. The van der Waals surface area contributed by atoms with Crippen LogP contribution in [0.2, 0.25) is 10.0 Å². The molecular formula is C22H24Cl2N10O4. The molecular weight excluding hydrogens is 539 g/mol. The minimum absolute atomic E-state index is 0.185. The molecule has 14 nitrogen and oxygen atoms in total. The van der Waals surface area contributed by atoms with E-state index in [1.165, 1.54) is 12.1 Å². The molecule has 10 N–H and O–H groups in total. The average Bonchev–Trinajstić information content (AvgIpc) is 2.82. The van der Waals surface area contributed by atoms with Crippen molar-refractivity contribution in [1.29, 1.82) is 10.8 Å². The zero-order valence-electron chi connectivity index (χ0n) is 20.1. The molecule has 16 heteroatoms. The predicted octanol–water partition coefficient (Wildman–Crippen LogP) is 1.81. The molecule has 0 aliphatic rings. The highest BCUT2D eigenvalue weighted by atomic mass is 35.5. The Morgan fingerprint density at radius 3 is 1.42 bits per heavy atom. The Kier molecular flexibility index (Phi) is 10.0. The van der Waals surface area contributed by atoms with Crippen LogP contribution in [-0.2, 0) is 19.3 Å². The first-order chi connectivity index (χ1) is 17.8. The van der Waals surface area contributed by atoms with Gasteiger partial charge in [0.2, 0.25) is 0 Å². The lowest BCUT2D eigenvalue weighted by Crippen LogP contribution is -2.36. The van der Waals surface area contributed by atoms with Crippen LogP contribution in [-0.4, -0.2) is 35.8 Å². The Hall–Kier alpha value is -4.82. The molecule has 0 spiro atoms. The Morgan fingerprint density at radius 2 is 1.11 bits per heavy atom. The molecule has 2 aromatic carbocycles. The van der Waals surface area contributed by atoms with Crippen LogP contribution < -0.4 is 33.1 Å². The molecule has 0 bridgehead atoms. The van der Waals surface area contributed by atoms with Gasteiger partial charge in [0.15, 0.2) is 11.9 Å². The van der Waals surface area contributed by atoms with Crippen molar-refractivity contribution in [2.45, 2.75) is 13.8 Å². The molecule has 0 aliphatic carbocycles. The maximum atomic E-state index is 12.5. The van der Waals surface area contributed by atoms with E-state index in [1.54, 1.807) is 38.1 Å². The summed E-state index contributed by atoms with van der Waals surface area (Å²) in [6.45, 7) is 3.33. The topological polar surface area (TPSA) is 236 Å². The molecule has 0 fully saturated rings. The highest BCUT2D eigenvalue weighted by Gasteiger charge is 2.22. The fourth-order valence-electron chi connectivity index (χ4n) is 2.73. The van der Waals surface area contributed by atoms with Crippen LogP contribution in [0.15, 0.2) is 58.5 Å². The number of halogens is 2. The van der Waals surface area contributed by atoms with Gasteiger partial charge in [-0.2, -0.15) is 9.98 Å². The number of guanidine groups is 4. The Bertz CT molecular complexity index is 1250. The van der Waals surface area contributed by atoms with Gasteiger partial charge < -0.3 is 32.6 Å². The van der Waals surface area contributed by atoms with Gasteiger partial charge in [0, 0.05) is 22.2 Å². The number of hydroxylamine groups is 2. The van der Waals surface area contributed by atoms with E-state index >= 15 is 0 Å². The molecule has 0 saturated heterocycles. The summed E-state index contributed by atoms with van der Waals surface area (Å²) in [6.07, 6.45) is 1.43. The number of aliphatic imine (C=N–C) groups is 2. The summed E-state index contributed by atoms with van der Waals surface area (Å²) in [5, 5.41) is 18.2. The third-order valence-corrected chi connectivity index (χ3v) is 4.82. The van der Waals surface area contributed by atoms with E-state index < -0.39 is 35.8 Å². The predicted molar refractivity (Wildman–Crippen MR) is 146 cm³/mol.